The fourth-order valence-corrected chi connectivity index (χ4v) is 1.15. The normalized spacial score (nSPS) is 11.7. The van der Waals surface area contributed by atoms with Gasteiger partial charge in [0.1, 0.15) is 17.1 Å². The smallest absolute Gasteiger partial charge is 0.316 e. The van der Waals surface area contributed by atoms with Gasteiger partial charge in [0.15, 0.2) is 0 Å². The molecule has 0 fully saturated rings. The molecule has 13 heavy (non-hydrogen) atoms. The van der Waals surface area contributed by atoms with Gasteiger partial charge in [0.25, 0.3) is 0 Å². The maximum absolute atomic E-state index is 10.9. The van der Waals surface area contributed by atoms with Crippen LogP contribution in [-0.4, -0.2) is 25.8 Å². The third kappa shape index (κ3) is 1.54. The van der Waals surface area contributed by atoms with Crippen molar-refractivity contribution in [2.24, 2.45) is 7.05 Å². The molecule has 0 aliphatic carbocycles. The molecule has 0 saturated carbocycles. The highest BCUT2D eigenvalue weighted by atomic mass is 16.4. The lowest BCUT2D eigenvalue weighted by atomic mass is 9.93. The Kier molecular flexibility index (Phi) is 2.11. The van der Waals surface area contributed by atoms with Gasteiger partial charge in [-0.15, -0.1) is 0 Å². The number of aliphatic carboxylic acids is 1. The van der Waals surface area contributed by atoms with Crippen molar-refractivity contribution in [2.75, 3.05) is 0 Å². The van der Waals surface area contributed by atoms with Gasteiger partial charge in [0.2, 0.25) is 0 Å². The predicted octanol–water partition coefficient (Wildman–Crippen LogP) is 0.486. The summed E-state index contributed by atoms with van der Waals surface area (Å²) in [4.78, 5) is 15.0. The minimum absolute atomic E-state index is 0.470. The van der Waals surface area contributed by atoms with E-state index in [9.17, 15) is 4.79 Å². The van der Waals surface area contributed by atoms with Crippen molar-refractivity contribution in [3.05, 3.63) is 11.6 Å². The molecule has 1 N–H and O–H groups in total. The predicted molar refractivity (Wildman–Crippen MR) is 46.4 cm³/mol. The Morgan fingerprint density at radius 3 is 2.38 bits per heavy atom. The van der Waals surface area contributed by atoms with E-state index in [1.165, 1.54) is 4.68 Å². The highest BCUT2D eigenvalue weighted by Gasteiger charge is 2.34. The second-order valence-corrected chi connectivity index (χ2v) is 3.54. The van der Waals surface area contributed by atoms with Crippen LogP contribution in [0.15, 0.2) is 0 Å². The molecule has 5 nitrogen and oxygen atoms in total. The molecular weight excluding hydrogens is 170 g/mol. The second-order valence-electron chi connectivity index (χ2n) is 3.54. The van der Waals surface area contributed by atoms with Crippen LogP contribution in [0.2, 0.25) is 0 Å². The van der Waals surface area contributed by atoms with Crippen molar-refractivity contribution in [1.82, 2.24) is 14.8 Å². The van der Waals surface area contributed by atoms with Gasteiger partial charge in [0, 0.05) is 7.05 Å². The average Bonchev–Trinajstić information content (AvgIpc) is 2.30. The molecule has 0 unspecified atom stereocenters. The molecule has 0 radical (unpaired) electrons. The van der Waals surface area contributed by atoms with Gasteiger partial charge < -0.3 is 5.11 Å². The summed E-state index contributed by atoms with van der Waals surface area (Å²) in [7, 11) is 1.69. The maximum Gasteiger partial charge on any atom is 0.316 e. The lowest BCUT2D eigenvalue weighted by molar-refractivity contribution is -0.142. The Bertz CT molecular complexity index is 341. The quantitative estimate of drug-likeness (QED) is 0.724. The van der Waals surface area contributed by atoms with Crippen LogP contribution >= 0.6 is 0 Å². The molecule has 0 atom stereocenters. The standard InChI is InChI=1S/C8H13N3O2/c1-5-9-6(11(4)10-5)8(2,3)7(12)13/h1-4H3,(H,12,13). The van der Waals surface area contributed by atoms with Crippen LogP contribution in [0.4, 0.5) is 0 Å². The van der Waals surface area contributed by atoms with E-state index in [0.29, 0.717) is 11.6 Å². The summed E-state index contributed by atoms with van der Waals surface area (Å²) in [6, 6.07) is 0. The first kappa shape index (κ1) is 9.70. The van der Waals surface area contributed by atoms with E-state index in [2.05, 4.69) is 10.1 Å². The Labute approximate surface area is 76.4 Å². The van der Waals surface area contributed by atoms with Gasteiger partial charge in [-0.2, -0.15) is 5.10 Å². The van der Waals surface area contributed by atoms with Gasteiger partial charge in [-0.25, -0.2) is 4.98 Å². The van der Waals surface area contributed by atoms with E-state index < -0.39 is 11.4 Å². The van der Waals surface area contributed by atoms with Crippen LogP contribution in [-0.2, 0) is 17.3 Å². The SMILES string of the molecule is Cc1nc(C(C)(C)C(=O)O)n(C)n1. The number of hydrogen-bond acceptors (Lipinski definition) is 3. The van der Waals surface area contributed by atoms with Crippen molar-refractivity contribution in [3.8, 4) is 0 Å². The van der Waals surface area contributed by atoms with E-state index in [1.807, 2.05) is 0 Å². The fourth-order valence-electron chi connectivity index (χ4n) is 1.15. The molecule has 0 amide bonds. The highest BCUT2D eigenvalue weighted by Crippen LogP contribution is 2.20. The highest BCUT2D eigenvalue weighted by molar-refractivity contribution is 5.78. The van der Waals surface area contributed by atoms with Crippen LogP contribution in [0.1, 0.15) is 25.5 Å². The third-order valence-corrected chi connectivity index (χ3v) is 1.96. The van der Waals surface area contributed by atoms with Crippen LogP contribution in [0.3, 0.4) is 0 Å². The number of carbonyl (C=O) groups is 1. The zero-order valence-corrected chi connectivity index (χ0v) is 8.20. The topological polar surface area (TPSA) is 68.0 Å². The van der Waals surface area contributed by atoms with Crippen LogP contribution in [0.25, 0.3) is 0 Å². The van der Waals surface area contributed by atoms with Crippen molar-refractivity contribution < 1.29 is 9.90 Å². The summed E-state index contributed by atoms with van der Waals surface area (Å²) < 4.78 is 1.50. The summed E-state index contributed by atoms with van der Waals surface area (Å²) >= 11 is 0. The van der Waals surface area contributed by atoms with Gasteiger partial charge in [-0.05, 0) is 20.8 Å². The molecule has 1 aromatic rings. The van der Waals surface area contributed by atoms with E-state index in [1.54, 1.807) is 27.8 Å². The first-order valence-corrected chi connectivity index (χ1v) is 3.97. The molecule has 1 aromatic heterocycles. The molecule has 0 spiro atoms. The summed E-state index contributed by atoms with van der Waals surface area (Å²) in [6.45, 7) is 4.96. The Balaban J connectivity index is 3.21. The van der Waals surface area contributed by atoms with Crippen LogP contribution in [0, 0.1) is 6.92 Å². The zero-order chi connectivity index (χ0) is 10.2. The maximum atomic E-state index is 10.9. The number of rotatable bonds is 2. The largest absolute Gasteiger partial charge is 0.481 e. The molecule has 0 aromatic carbocycles. The van der Waals surface area contributed by atoms with Crippen molar-refractivity contribution in [1.29, 1.82) is 0 Å². The van der Waals surface area contributed by atoms with Gasteiger partial charge in [-0.3, -0.25) is 9.48 Å². The molecule has 1 rings (SSSR count). The lowest BCUT2D eigenvalue weighted by Gasteiger charge is -2.16. The first-order valence-electron chi connectivity index (χ1n) is 3.97. The monoisotopic (exact) mass is 183 g/mol. The van der Waals surface area contributed by atoms with Crippen molar-refractivity contribution >= 4 is 5.97 Å². The molecular formula is C8H13N3O2. The summed E-state index contributed by atoms with van der Waals surface area (Å²) in [5.74, 6) is 0.160. The molecule has 0 bridgehead atoms. The number of aromatic nitrogens is 3. The van der Waals surface area contributed by atoms with Crippen molar-refractivity contribution in [3.63, 3.8) is 0 Å². The minimum Gasteiger partial charge on any atom is -0.481 e. The van der Waals surface area contributed by atoms with Gasteiger partial charge in [-0.1, -0.05) is 0 Å². The molecule has 1 heterocycles. The zero-order valence-electron chi connectivity index (χ0n) is 8.20. The number of hydrogen-bond donors (Lipinski definition) is 1. The number of nitrogens with zero attached hydrogens (tertiary/aromatic N) is 3. The molecule has 72 valence electrons. The van der Waals surface area contributed by atoms with Crippen molar-refractivity contribution in [2.45, 2.75) is 26.2 Å². The van der Waals surface area contributed by atoms with Gasteiger partial charge in [0.05, 0.1) is 0 Å². The number of aryl methyl sites for hydroxylation is 2. The molecule has 5 heteroatoms. The number of carboxylic acid groups (broad SMARTS) is 1. The average molecular weight is 183 g/mol. The summed E-state index contributed by atoms with van der Waals surface area (Å²) in [5.41, 5.74) is -0.990. The van der Waals surface area contributed by atoms with E-state index >= 15 is 0 Å². The Morgan fingerprint density at radius 2 is 2.08 bits per heavy atom. The third-order valence-electron chi connectivity index (χ3n) is 1.96. The van der Waals surface area contributed by atoms with E-state index in [4.69, 9.17) is 5.11 Å². The van der Waals surface area contributed by atoms with Gasteiger partial charge >= 0.3 is 5.97 Å². The summed E-state index contributed by atoms with van der Waals surface area (Å²) in [6.07, 6.45) is 0. The molecule has 0 aliphatic rings. The van der Waals surface area contributed by atoms with E-state index in [0.717, 1.165) is 0 Å². The lowest BCUT2D eigenvalue weighted by Crippen LogP contribution is -2.31. The Morgan fingerprint density at radius 1 is 1.54 bits per heavy atom. The second kappa shape index (κ2) is 2.83. The first-order chi connectivity index (χ1) is 5.85. The van der Waals surface area contributed by atoms with Crippen LogP contribution < -0.4 is 0 Å². The summed E-state index contributed by atoms with van der Waals surface area (Å²) in [5, 5.41) is 12.9. The Hall–Kier alpha value is -1.39. The van der Waals surface area contributed by atoms with E-state index in [-0.39, 0.29) is 0 Å². The van der Waals surface area contributed by atoms with Crippen LogP contribution in [0.5, 0.6) is 0 Å². The molecule has 0 saturated heterocycles. The molecule has 0 aliphatic heterocycles. The fraction of sp³-hybridized carbons (Fsp3) is 0.625. The number of carboxylic acids is 1. The minimum atomic E-state index is -0.990.